The van der Waals surface area contributed by atoms with Crippen LogP contribution in [0.25, 0.3) is 0 Å². The fourth-order valence-corrected chi connectivity index (χ4v) is 0.768. The van der Waals surface area contributed by atoms with E-state index < -0.39 is 15.9 Å². The molecule has 0 bridgehead atoms. The van der Waals surface area contributed by atoms with Crippen LogP contribution in [0.5, 0.6) is 0 Å². The fourth-order valence-electron chi connectivity index (χ4n) is 0.483. The second-order valence-corrected chi connectivity index (χ2v) is 3.66. The van der Waals surface area contributed by atoms with E-state index in [1.54, 1.807) is 0 Å². The third-order valence-electron chi connectivity index (χ3n) is 1.00. The summed E-state index contributed by atoms with van der Waals surface area (Å²) in [6.07, 6.45) is 0.528. The van der Waals surface area contributed by atoms with Crippen molar-refractivity contribution in [1.82, 2.24) is 0 Å². The van der Waals surface area contributed by atoms with Crippen molar-refractivity contribution in [3.63, 3.8) is 0 Å². The second kappa shape index (κ2) is 6.86. The van der Waals surface area contributed by atoms with Crippen molar-refractivity contribution in [3.05, 3.63) is 0 Å². The van der Waals surface area contributed by atoms with Gasteiger partial charge in [-0.15, -0.1) is 0 Å². The van der Waals surface area contributed by atoms with Crippen LogP contribution in [0, 0.1) is 11.8 Å². The van der Waals surface area contributed by atoms with Gasteiger partial charge in [-0.2, -0.15) is 8.42 Å². The first-order chi connectivity index (χ1) is 6.06. The summed E-state index contributed by atoms with van der Waals surface area (Å²) in [5, 5.41) is 8.35. The summed E-state index contributed by atoms with van der Waals surface area (Å²) in [6.45, 7) is 0.547. The van der Waals surface area contributed by atoms with Gasteiger partial charge in [0.15, 0.2) is 0 Å². The van der Waals surface area contributed by atoms with Crippen LogP contribution in [-0.2, 0) is 14.9 Å². The number of aliphatic hydroxyl groups excluding tert-OH is 1. The number of ether oxygens (including phenoxy) is 1. The molecule has 0 aliphatic rings. The molecule has 0 spiro atoms. The normalized spacial score (nSPS) is 10.6. The van der Waals surface area contributed by atoms with E-state index >= 15 is 0 Å². The summed E-state index contributed by atoms with van der Waals surface area (Å²) in [5.41, 5.74) is 0. The quantitative estimate of drug-likeness (QED) is 0.354. The van der Waals surface area contributed by atoms with E-state index in [1.807, 2.05) is 0 Å². The van der Waals surface area contributed by atoms with E-state index in [1.165, 1.54) is 0 Å². The Balaban J connectivity index is 3.41. The molecule has 6 heteroatoms. The van der Waals surface area contributed by atoms with Crippen LogP contribution in [0.1, 0.15) is 6.42 Å². The van der Waals surface area contributed by atoms with Crippen LogP contribution < -0.4 is 0 Å². The summed E-state index contributed by atoms with van der Waals surface area (Å²) in [7, 11) is -3.99. The molecule has 0 aliphatic heterocycles. The highest BCUT2D eigenvalue weighted by atomic mass is 32.2. The Morgan fingerprint density at radius 2 is 2.00 bits per heavy atom. The molecule has 0 aromatic rings. The Kier molecular flexibility index (Phi) is 6.54. The lowest BCUT2D eigenvalue weighted by Gasteiger charge is -1.94. The van der Waals surface area contributed by atoms with E-state index in [4.69, 9.17) is 14.4 Å². The molecule has 0 saturated carbocycles. The van der Waals surface area contributed by atoms with Gasteiger partial charge in [0.1, 0.15) is 12.4 Å². The van der Waals surface area contributed by atoms with E-state index in [0.29, 0.717) is 13.0 Å². The van der Waals surface area contributed by atoms with Gasteiger partial charge in [0.2, 0.25) is 0 Å². The summed E-state index contributed by atoms with van der Waals surface area (Å²) in [5.74, 6) is 4.06. The Bertz CT molecular complexity index is 271. The molecular weight excluding hydrogens is 196 g/mol. The molecule has 0 saturated heterocycles. The van der Waals surface area contributed by atoms with Gasteiger partial charge >= 0.3 is 0 Å². The highest BCUT2D eigenvalue weighted by Crippen LogP contribution is 1.80. The smallest absolute Gasteiger partial charge is 0.276 e. The zero-order valence-corrected chi connectivity index (χ0v) is 7.88. The van der Waals surface area contributed by atoms with Crippen molar-refractivity contribution in [2.24, 2.45) is 0 Å². The lowest BCUT2D eigenvalue weighted by Crippen LogP contribution is -2.01. The summed E-state index contributed by atoms with van der Waals surface area (Å²) in [6, 6.07) is 0. The number of hydrogen-bond donors (Lipinski definition) is 2. The summed E-state index contributed by atoms with van der Waals surface area (Å²) in [4.78, 5) is 0. The molecule has 2 N–H and O–H groups in total. The summed E-state index contributed by atoms with van der Waals surface area (Å²) >= 11 is 0. The monoisotopic (exact) mass is 208 g/mol. The second-order valence-electron chi connectivity index (χ2n) is 2.21. The van der Waals surface area contributed by atoms with Crippen molar-refractivity contribution in [3.8, 4) is 11.8 Å². The maximum Gasteiger partial charge on any atom is 0.276 e. The number of hydrogen-bond acceptors (Lipinski definition) is 4. The number of rotatable bonds is 5. The minimum absolute atomic E-state index is 0.0540. The molecule has 0 aliphatic carbocycles. The maximum absolute atomic E-state index is 10.1. The van der Waals surface area contributed by atoms with Crippen molar-refractivity contribution >= 4 is 10.1 Å². The van der Waals surface area contributed by atoms with Crippen LogP contribution >= 0.6 is 0 Å². The van der Waals surface area contributed by atoms with Gasteiger partial charge in [-0.05, 0) is 6.42 Å². The maximum atomic E-state index is 10.1. The largest absolute Gasteiger partial charge is 0.396 e. The van der Waals surface area contributed by atoms with Gasteiger partial charge in [0.05, 0.1) is 6.61 Å². The Morgan fingerprint density at radius 3 is 2.54 bits per heavy atom. The lowest BCUT2D eigenvalue weighted by molar-refractivity contribution is 0.142. The molecule has 0 unspecified atom stereocenters. The van der Waals surface area contributed by atoms with Crippen LogP contribution in [0.3, 0.4) is 0 Å². The first-order valence-electron chi connectivity index (χ1n) is 3.66. The fraction of sp³-hybridized carbons (Fsp3) is 0.714. The molecule has 0 amide bonds. The SMILES string of the molecule is O=S(=O)(O)CC#CCOCCCO. The Morgan fingerprint density at radius 1 is 1.31 bits per heavy atom. The first-order valence-corrected chi connectivity index (χ1v) is 5.26. The van der Waals surface area contributed by atoms with Crippen molar-refractivity contribution in [2.45, 2.75) is 6.42 Å². The molecular formula is C7H12O5S. The van der Waals surface area contributed by atoms with Crippen molar-refractivity contribution in [2.75, 3.05) is 25.6 Å². The highest BCUT2D eigenvalue weighted by molar-refractivity contribution is 7.86. The van der Waals surface area contributed by atoms with E-state index in [9.17, 15) is 8.42 Å². The molecule has 0 aromatic carbocycles. The predicted molar refractivity (Wildman–Crippen MR) is 46.7 cm³/mol. The highest BCUT2D eigenvalue weighted by Gasteiger charge is 1.97. The Labute approximate surface area is 77.5 Å². The molecule has 0 fully saturated rings. The zero-order chi connectivity index (χ0) is 10.2. The van der Waals surface area contributed by atoms with Gasteiger partial charge in [-0.3, -0.25) is 4.55 Å². The lowest BCUT2D eigenvalue weighted by atomic mass is 10.5. The van der Waals surface area contributed by atoms with Crippen molar-refractivity contribution in [1.29, 1.82) is 0 Å². The first kappa shape index (κ1) is 12.4. The number of aliphatic hydroxyl groups is 1. The van der Waals surface area contributed by atoms with Gasteiger partial charge in [0, 0.05) is 6.61 Å². The molecule has 5 nitrogen and oxygen atoms in total. The Hall–Kier alpha value is -0.610. The predicted octanol–water partition coefficient (Wildman–Crippen LogP) is -0.723. The van der Waals surface area contributed by atoms with Crippen molar-refractivity contribution < 1.29 is 22.8 Å². The average Bonchev–Trinajstić information content (AvgIpc) is 2.01. The molecule has 76 valence electrons. The standard InChI is InChI=1S/C7H12O5S/c8-4-3-6-12-5-1-2-7-13(9,10)11/h8H,3-7H2,(H,9,10,11). The van der Waals surface area contributed by atoms with E-state index in [2.05, 4.69) is 11.8 Å². The molecule has 0 heterocycles. The average molecular weight is 208 g/mol. The molecule has 0 aromatic heterocycles. The van der Waals surface area contributed by atoms with Gasteiger partial charge in [-0.1, -0.05) is 11.8 Å². The van der Waals surface area contributed by atoms with E-state index in [-0.39, 0.29) is 13.2 Å². The van der Waals surface area contributed by atoms with Gasteiger partial charge in [0.25, 0.3) is 10.1 Å². The van der Waals surface area contributed by atoms with Crippen LogP contribution in [0.2, 0.25) is 0 Å². The van der Waals surface area contributed by atoms with E-state index in [0.717, 1.165) is 0 Å². The van der Waals surface area contributed by atoms with Gasteiger partial charge in [-0.25, -0.2) is 0 Å². The van der Waals surface area contributed by atoms with Gasteiger partial charge < -0.3 is 9.84 Å². The minimum atomic E-state index is -3.99. The topological polar surface area (TPSA) is 83.8 Å². The molecule has 0 radical (unpaired) electrons. The van der Waals surface area contributed by atoms with Crippen LogP contribution in [0.4, 0.5) is 0 Å². The molecule has 0 atom stereocenters. The zero-order valence-electron chi connectivity index (χ0n) is 7.06. The summed E-state index contributed by atoms with van der Waals surface area (Å²) < 4.78 is 33.4. The third-order valence-corrected chi connectivity index (χ3v) is 1.51. The van der Waals surface area contributed by atoms with Crippen LogP contribution in [0.15, 0.2) is 0 Å². The third kappa shape index (κ3) is 11.4. The van der Waals surface area contributed by atoms with Crippen LogP contribution in [-0.4, -0.2) is 43.7 Å². The molecule has 0 rings (SSSR count). The minimum Gasteiger partial charge on any atom is -0.396 e. The molecule has 13 heavy (non-hydrogen) atoms.